The van der Waals surface area contributed by atoms with E-state index in [9.17, 15) is 4.79 Å². The van der Waals surface area contributed by atoms with Crippen LogP contribution in [-0.2, 0) is 6.54 Å². The molecule has 0 saturated carbocycles. The van der Waals surface area contributed by atoms with Crippen LogP contribution in [0.15, 0.2) is 41.6 Å². The third-order valence-corrected chi connectivity index (χ3v) is 5.37. The molecule has 0 aliphatic carbocycles. The third kappa shape index (κ3) is 3.93. The zero-order chi connectivity index (χ0) is 16.9. The molecule has 1 fully saturated rings. The van der Waals surface area contributed by atoms with Crippen molar-refractivity contribution in [2.45, 2.75) is 31.2 Å². The summed E-state index contributed by atoms with van der Waals surface area (Å²) < 4.78 is 1.98. The molecule has 24 heavy (non-hydrogen) atoms. The number of anilines is 1. The molecule has 128 valence electrons. The lowest BCUT2D eigenvalue weighted by Crippen LogP contribution is -2.41. The first kappa shape index (κ1) is 16.9. The Bertz CT molecular complexity index is 678. The van der Waals surface area contributed by atoms with Gasteiger partial charge in [0.25, 0.3) is 0 Å². The van der Waals surface area contributed by atoms with Crippen molar-refractivity contribution in [3.05, 3.63) is 42.2 Å². The van der Waals surface area contributed by atoms with E-state index < -0.39 is 0 Å². The number of hydrogen-bond donors (Lipinski definition) is 1. The van der Waals surface area contributed by atoms with E-state index in [1.807, 2.05) is 59.4 Å². The van der Waals surface area contributed by atoms with Crippen LogP contribution < -0.4 is 5.32 Å². The molecular formula is C18H24N4OS. The normalized spacial score (nSPS) is 15.5. The molecule has 0 atom stereocenters. The van der Waals surface area contributed by atoms with Gasteiger partial charge in [0.1, 0.15) is 0 Å². The third-order valence-electron chi connectivity index (χ3n) is 4.59. The van der Waals surface area contributed by atoms with Crippen molar-refractivity contribution in [2.24, 2.45) is 5.92 Å². The lowest BCUT2D eigenvalue weighted by atomic mass is 9.97. The summed E-state index contributed by atoms with van der Waals surface area (Å²) in [5.74, 6) is 0.592. The Hall–Kier alpha value is -1.95. The van der Waals surface area contributed by atoms with Gasteiger partial charge in [-0.25, -0.2) is 4.79 Å². The van der Waals surface area contributed by atoms with Crippen LogP contribution in [0.25, 0.3) is 0 Å². The molecule has 1 aliphatic rings. The molecule has 5 nitrogen and oxygen atoms in total. The van der Waals surface area contributed by atoms with Gasteiger partial charge in [-0.2, -0.15) is 5.10 Å². The summed E-state index contributed by atoms with van der Waals surface area (Å²) in [5.41, 5.74) is 2.04. The van der Waals surface area contributed by atoms with Gasteiger partial charge in [-0.15, -0.1) is 11.8 Å². The number of amides is 2. The van der Waals surface area contributed by atoms with Crippen molar-refractivity contribution in [3.63, 3.8) is 0 Å². The smallest absolute Gasteiger partial charge is 0.321 e. The zero-order valence-electron chi connectivity index (χ0n) is 14.2. The van der Waals surface area contributed by atoms with Crippen molar-refractivity contribution in [2.75, 3.05) is 24.7 Å². The molecule has 1 aromatic heterocycles. The molecule has 2 heterocycles. The lowest BCUT2D eigenvalue weighted by Gasteiger charge is -2.32. The highest BCUT2D eigenvalue weighted by atomic mass is 32.2. The Morgan fingerprint density at radius 3 is 2.79 bits per heavy atom. The lowest BCUT2D eigenvalue weighted by molar-refractivity contribution is 0.175. The number of benzene rings is 1. The summed E-state index contributed by atoms with van der Waals surface area (Å²) in [6.45, 7) is 4.58. The number of nitrogens with one attached hydrogen (secondary N) is 1. The van der Waals surface area contributed by atoms with E-state index in [2.05, 4.69) is 10.4 Å². The fourth-order valence-electron chi connectivity index (χ4n) is 3.15. The summed E-state index contributed by atoms with van der Waals surface area (Å²) in [7, 11) is 0. The molecule has 2 aromatic rings. The van der Waals surface area contributed by atoms with Gasteiger partial charge in [0.15, 0.2) is 0 Å². The number of nitrogens with zero attached hydrogens (tertiary/aromatic N) is 3. The maximum absolute atomic E-state index is 12.6. The first-order valence-electron chi connectivity index (χ1n) is 8.34. The Kier molecular flexibility index (Phi) is 5.45. The number of thioether (sulfide) groups is 1. The summed E-state index contributed by atoms with van der Waals surface area (Å²) in [5, 5.41) is 7.38. The second-order valence-corrected chi connectivity index (χ2v) is 7.09. The van der Waals surface area contributed by atoms with E-state index in [0.717, 1.165) is 48.6 Å². The Morgan fingerprint density at radius 1 is 1.33 bits per heavy atom. The Balaban J connectivity index is 1.56. The predicted octanol–water partition coefficient (Wildman–Crippen LogP) is 3.86. The van der Waals surface area contributed by atoms with Gasteiger partial charge in [0.05, 0.1) is 5.69 Å². The van der Waals surface area contributed by atoms with E-state index in [-0.39, 0.29) is 6.03 Å². The van der Waals surface area contributed by atoms with Crippen LogP contribution in [0.3, 0.4) is 0 Å². The minimum atomic E-state index is 0.0112. The molecule has 0 radical (unpaired) electrons. The highest BCUT2D eigenvalue weighted by Crippen LogP contribution is 2.29. The number of hydrogen-bond acceptors (Lipinski definition) is 3. The average molecular weight is 344 g/mol. The fraction of sp³-hybridized carbons (Fsp3) is 0.444. The zero-order valence-corrected chi connectivity index (χ0v) is 15.1. The van der Waals surface area contributed by atoms with Crippen molar-refractivity contribution in [3.8, 4) is 0 Å². The SMILES string of the molecule is CSc1cccc(C)c1NC(=O)N1CCC(Cn2cccn2)CC1. The van der Waals surface area contributed by atoms with Crippen molar-refractivity contribution in [1.29, 1.82) is 0 Å². The minimum Gasteiger partial charge on any atom is -0.325 e. The standard InChI is InChI=1S/C18H24N4OS/c1-14-5-3-6-16(24-2)17(14)20-18(23)21-11-7-15(8-12-21)13-22-10-4-9-19-22/h3-6,9-10,15H,7-8,11-13H2,1-2H3,(H,20,23). The van der Waals surface area contributed by atoms with Crippen LogP contribution in [0.5, 0.6) is 0 Å². The van der Waals surface area contributed by atoms with Gasteiger partial charge in [-0.3, -0.25) is 4.68 Å². The highest BCUT2D eigenvalue weighted by Gasteiger charge is 2.24. The van der Waals surface area contributed by atoms with E-state index in [4.69, 9.17) is 0 Å². The van der Waals surface area contributed by atoms with Crippen LogP contribution in [-0.4, -0.2) is 40.1 Å². The summed E-state index contributed by atoms with van der Waals surface area (Å²) in [6.07, 6.45) is 7.90. The number of para-hydroxylation sites is 1. The molecule has 1 aromatic carbocycles. The van der Waals surface area contributed by atoms with Gasteiger partial charge in [0, 0.05) is 36.9 Å². The maximum atomic E-state index is 12.6. The highest BCUT2D eigenvalue weighted by molar-refractivity contribution is 7.98. The first-order chi connectivity index (χ1) is 11.7. The number of rotatable bonds is 4. The Labute approximate surface area is 147 Å². The fourth-order valence-corrected chi connectivity index (χ4v) is 3.78. The molecular weight excluding hydrogens is 320 g/mol. The molecule has 0 spiro atoms. The van der Waals surface area contributed by atoms with Crippen molar-refractivity contribution < 1.29 is 4.79 Å². The maximum Gasteiger partial charge on any atom is 0.321 e. The summed E-state index contributed by atoms with van der Waals surface area (Å²) in [4.78, 5) is 15.6. The van der Waals surface area contributed by atoms with Crippen LogP contribution in [0.4, 0.5) is 10.5 Å². The number of carbonyl (C=O) groups excluding carboxylic acids is 1. The summed E-state index contributed by atoms with van der Waals surface area (Å²) in [6, 6.07) is 8.07. The minimum absolute atomic E-state index is 0.0112. The van der Waals surface area contributed by atoms with Crippen LogP contribution in [0, 0.1) is 12.8 Å². The summed E-state index contributed by atoms with van der Waals surface area (Å²) >= 11 is 1.66. The molecule has 6 heteroatoms. The number of urea groups is 1. The van der Waals surface area contributed by atoms with Crippen LogP contribution >= 0.6 is 11.8 Å². The van der Waals surface area contributed by atoms with Gasteiger partial charge < -0.3 is 10.2 Å². The molecule has 1 saturated heterocycles. The topological polar surface area (TPSA) is 50.2 Å². The number of aryl methyl sites for hydroxylation is 1. The van der Waals surface area contributed by atoms with Gasteiger partial charge >= 0.3 is 6.03 Å². The monoisotopic (exact) mass is 344 g/mol. The van der Waals surface area contributed by atoms with E-state index in [1.165, 1.54) is 0 Å². The molecule has 1 N–H and O–H groups in total. The molecule has 1 aliphatic heterocycles. The van der Waals surface area contributed by atoms with Gasteiger partial charge in [-0.05, 0) is 49.6 Å². The largest absolute Gasteiger partial charge is 0.325 e. The van der Waals surface area contributed by atoms with Gasteiger partial charge in [-0.1, -0.05) is 12.1 Å². The number of carbonyl (C=O) groups is 1. The molecule has 0 unspecified atom stereocenters. The van der Waals surface area contributed by atoms with Crippen molar-refractivity contribution >= 4 is 23.5 Å². The average Bonchev–Trinajstić information content (AvgIpc) is 3.10. The second kappa shape index (κ2) is 7.75. The number of piperidine rings is 1. The molecule has 2 amide bonds. The number of aromatic nitrogens is 2. The van der Waals surface area contributed by atoms with Crippen molar-refractivity contribution in [1.82, 2.24) is 14.7 Å². The van der Waals surface area contributed by atoms with E-state index >= 15 is 0 Å². The van der Waals surface area contributed by atoms with Crippen LogP contribution in [0.1, 0.15) is 18.4 Å². The molecule has 0 bridgehead atoms. The second-order valence-electron chi connectivity index (χ2n) is 6.24. The quantitative estimate of drug-likeness (QED) is 0.857. The predicted molar refractivity (Wildman–Crippen MR) is 98.5 cm³/mol. The van der Waals surface area contributed by atoms with Crippen LogP contribution in [0.2, 0.25) is 0 Å². The number of likely N-dealkylation sites (tertiary alicyclic amines) is 1. The Morgan fingerprint density at radius 2 is 2.12 bits per heavy atom. The van der Waals surface area contributed by atoms with E-state index in [0.29, 0.717) is 5.92 Å². The molecule has 3 rings (SSSR count). The first-order valence-corrected chi connectivity index (χ1v) is 9.57. The van der Waals surface area contributed by atoms with Gasteiger partial charge in [0.2, 0.25) is 0 Å². The van der Waals surface area contributed by atoms with E-state index in [1.54, 1.807) is 11.8 Å².